The normalized spacial score (nSPS) is 22.5. The fraction of sp³-hybridized carbons (Fsp3) is 0.423. The summed E-state index contributed by atoms with van der Waals surface area (Å²) in [6.45, 7) is 1.98. The van der Waals surface area contributed by atoms with Crippen LogP contribution in [0.2, 0.25) is 5.02 Å². The summed E-state index contributed by atoms with van der Waals surface area (Å²) in [5.41, 5.74) is 11.9. The highest BCUT2D eigenvalue weighted by Crippen LogP contribution is 2.59. The van der Waals surface area contributed by atoms with Crippen molar-refractivity contribution < 1.29 is 9.53 Å². The average molecular weight is 476 g/mol. The lowest BCUT2D eigenvalue weighted by molar-refractivity contribution is -0.119. The Balaban J connectivity index is 1.33. The first-order valence-electron chi connectivity index (χ1n) is 12.0. The number of nitrogens with two attached hydrogens (primary N) is 1. The second-order valence-electron chi connectivity index (χ2n) is 10.1. The Kier molecular flexibility index (Phi) is 4.25. The van der Waals surface area contributed by atoms with E-state index >= 15 is 0 Å². The quantitative estimate of drug-likeness (QED) is 0.581. The highest BCUT2D eigenvalue weighted by atomic mass is 35.5. The zero-order valence-electron chi connectivity index (χ0n) is 19.1. The molecule has 8 heteroatoms. The molecule has 1 aromatic carbocycles. The summed E-state index contributed by atoms with van der Waals surface area (Å²) in [5.74, 6) is 1.65. The number of carbonyl (C=O) groups is 1. The molecule has 2 N–H and O–H groups in total. The molecule has 1 unspecified atom stereocenters. The monoisotopic (exact) mass is 475 g/mol. The van der Waals surface area contributed by atoms with Crippen molar-refractivity contribution in [2.24, 2.45) is 0 Å². The smallest absolute Gasteiger partial charge is 0.237 e. The summed E-state index contributed by atoms with van der Waals surface area (Å²) in [6.07, 6.45) is 6.93. The highest BCUT2D eigenvalue weighted by Gasteiger charge is 2.59. The molecular formula is C26H26ClN5O2. The number of hydrogen-bond donors (Lipinski definition) is 1. The number of piperidine rings is 1. The largest absolute Gasteiger partial charge is 0.383 e. The third-order valence-corrected chi connectivity index (χ3v) is 8.47. The van der Waals surface area contributed by atoms with E-state index in [2.05, 4.69) is 28.1 Å². The second kappa shape index (κ2) is 7.06. The zero-order chi connectivity index (χ0) is 23.2. The molecule has 3 aromatic rings. The van der Waals surface area contributed by atoms with Crippen LogP contribution in [0.15, 0.2) is 24.4 Å². The van der Waals surface area contributed by atoms with E-state index in [-0.39, 0.29) is 17.4 Å². The van der Waals surface area contributed by atoms with Crippen LogP contribution in [0.1, 0.15) is 60.4 Å². The van der Waals surface area contributed by atoms with Crippen molar-refractivity contribution in [2.75, 3.05) is 29.1 Å². The molecule has 2 fully saturated rings. The van der Waals surface area contributed by atoms with Gasteiger partial charge >= 0.3 is 0 Å². The van der Waals surface area contributed by atoms with Crippen molar-refractivity contribution in [3.8, 4) is 0 Å². The predicted octanol–water partition coefficient (Wildman–Crippen LogP) is 4.64. The van der Waals surface area contributed by atoms with Gasteiger partial charge in [-0.15, -0.1) is 0 Å². The molecule has 1 amide bonds. The van der Waals surface area contributed by atoms with E-state index in [0.29, 0.717) is 24.1 Å². The first kappa shape index (κ1) is 20.5. The molecule has 2 aromatic heterocycles. The van der Waals surface area contributed by atoms with Crippen LogP contribution in [0.5, 0.6) is 0 Å². The molecule has 0 radical (unpaired) electrons. The van der Waals surface area contributed by atoms with Crippen LogP contribution >= 0.6 is 11.6 Å². The van der Waals surface area contributed by atoms with Gasteiger partial charge in [-0.05, 0) is 60.9 Å². The fourth-order valence-electron chi connectivity index (χ4n) is 6.24. The number of rotatable bonds is 2. The molecule has 7 rings (SSSR count). The van der Waals surface area contributed by atoms with Crippen LogP contribution < -0.4 is 15.5 Å². The number of nitrogens with zero attached hydrogens (tertiary/aromatic N) is 4. The molecule has 7 nitrogen and oxygen atoms in total. The van der Waals surface area contributed by atoms with Crippen LogP contribution in [0.4, 0.5) is 17.3 Å². The van der Waals surface area contributed by atoms with Gasteiger partial charge in [-0.2, -0.15) is 0 Å². The SMILES string of the molecule is CN1C(=O)C2(CC2)c2cc(C3CCCCN3c3cc4c5c(c(N)nc4cn3)COC5)cc(Cl)c21. The molecule has 174 valence electrons. The van der Waals surface area contributed by atoms with Crippen molar-refractivity contribution in [3.05, 3.63) is 51.7 Å². The van der Waals surface area contributed by atoms with E-state index in [9.17, 15) is 4.79 Å². The van der Waals surface area contributed by atoms with Crippen LogP contribution in [0, 0.1) is 0 Å². The molecule has 3 aliphatic heterocycles. The van der Waals surface area contributed by atoms with Crippen LogP contribution in [-0.2, 0) is 28.2 Å². The van der Waals surface area contributed by atoms with Crippen molar-refractivity contribution in [3.63, 3.8) is 0 Å². The van der Waals surface area contributed by atoms with Gasteiger partial charge in [-0.25, -0.2) is 9.97 Å². The maximum absolute atomic E-state index is 12.9. The van der Waals surface area contributed by atoms with Gasteiger partial charge in [0.25, 0.3) is 0 Å². The third-order valence-electron chi connectivity index (χ3n) is 8.18. The molecule has 1 saturated heterocycles. The standard InChI is InChI=1S/C26H26ClN5O2/c1-31-23-18(26(5-6-26)25(31)33)8-14(9-19(23)27)21-4-2-3-7-32(21)22-10-15-16-12-34-13-17(16)24(28)30-20(15)11-29-22/h8-11,21H,2-7,12-13H2,1H3,(H2,28,30). The first-order valence-corrected chi connectivity index (χ1v) is 12.4. The number of likely N-dealkylation sites (N-methyl/N-ethyl adjacent to an activating group) is 1. The maximum atomic E-state index is 12.9. The summed E-state index contributed by atoms with van der Waals surface area (Å²) in [4.78, 5) is 26.4. The molecule has 1 spiro atoms. The summed E-state index contributed by atoms with van der Waals surface area (Å²) >= 11 is 6.80. The molecule has 5 heterocycles. The molecular weight excluding hydrogens is 450 g/mol. The van der Waals surface area contributed by atoms with E-state index in [0.717, 1.165) is 77.7 Å². The lowest BCUT2D eigenvalue weighted by Gasteiger charge is -2.37. The molecule has 1 atom stereocenters. The maximum Gasteiger partial charge on any atom is 0.237 e. The van der Waals surface area contributed by atoms with Crippen molar-refractivity contribution in [1.82, 2.24) is 9.97 Å². The number of ether oxygens (including phenoxy) is 1. The fourth-order valence-corrected chi connectivity index (χ4v) is 6.59. The molecule has 0 bridgehead atoms. The van der Waals surface area contributed by atoms with Gasteiger partial charge in [0.2, 0.25) is 5.91 Å². The van der Waals surface area contributed by atoms with Gasteiger partial charge in [0, 0.05) is 24.5 Å². The van der Waals surface area contributed by atoms with Gasteiger partial charge in [0.1, 0.15) is 11.6 Å². The van der Waals surface area contributed by atoms with Crippen LogP contribution in [0.25, 0.3) is 10.9 Å². The Morgan fingerprint density at radius 3 is 2.82 bits per heavy atom. The number of benzene rings is 1. The van der Waals surface area contributed by atoms with Crippen molar-refractivity contribution in [2.45, 2.75) is 56.8 Å². The first-order chi connectivity index (χ1) is 16.5. The minimum Gasteiger partial charge on any atom is -0.383 e. The summed E-state index contributed by atoms with van der Waals surface area (Å²) in [7, 11) is 1.84. The Bertz CT molecular complexity index is 1390. The summed E-state index contributed by atoms with van der Waals surface area (Å²) < 4.78 is 5.68. The van der Waals surface area contributed by atoms with Gasteiger partial charge in [-0.3, -0.25) is 4.79 Å². The van der Waals surface area contributed by atoms with E-state index in [1.54, 1.807) is 4.90 Å². The van der Waals surface area contributed by atoms with E-state index in [1.807, 2.05) is 13.2 Å². The molecule has 4 aliphatic rings. The lowest BCUT2D eigenvalue weighted by Crippen LogP contribution is -2.34. The van der Waals surface area contributed by atoms with Gasteiger partial charge in [-0.1, -0.05) is 17.7 Å². The number of anilines is 3. The Hall–Kier alpha value is -2.90. The van der Waals surface area contributed by atoms with E-state index in [1.165, 1.54) is 5.56 Å². The number of aromatic nitrogens is 2. The van der Waals surface area contributed by atoms with Gasteiger partial charge in [0.15, 0.2) is 0 Å². The van der Waals surface area contributed by atoms with E-state index < -0.39 is 0 Å². The second-order valence-corrected chi connectivity index (χ2v) is 10.5. The number of pyridine rings is 2. The molecule has 34 heavy (non-hydrogen) atoms. The topological polar surface area (TPSA) is 84.6 Å². The zero-order valence-corrected chi connectivity index (χ0v) is 19.9. The van der Waals surface area contributed by atoms with Gasteiger partial charge < -0.3 is 20.3 Å². The lowest BCUT2D eigenvalue weighted by atomic mass is 9.90. The Labute approximate surface area is 202 Å². The minimum absolute atomic E-state index is 0.157. The Morgan fingerprint density at radius 2 is 2.00 bits per heavy atom. The number of hydrogen-bond acceptors (Lipinski definition) is 6. The number of carbonyl (C=O) groups excluding carboxylic acids is 1. The number of nitrogen functional groups attached to an aromatic ring is 1. The Morgan fingerprint density at radius 1 is 1.18 bits per heavy atom. The van der Waals surface area contributed by atoms with Crippen molar-refractivity contribution >= 4 is 45.7 Å². The summed E-state index contributed by atoms with van der Waals surface area (Å²) in [6, 6.07) is 6.60. The highest BCUT2D eigenvalue weighted by molar-refractivity contribution is 6.35. The number of amides is 1. The van der Waals surface area contributed by atoms with E-state index in [4.69, 9.17) is 27.1 Å². The molecule has 1 saturated carbocycles. The molecule has 1 aliphatic carbocycles. The summed E-state index contributed by atoms with van der Waals surface area (Å²) in [5, 5.41) is 1.73. The average Bonchev–Trinajstić information content (AvgIpc) is 3.44. The van der Waals surface area contributed by atoms with Crippen LogP contribution in [0.3, 0.4) is 0 Å². The van der Waals surface area contributed by atoms with Crippen molar-refractivity contribution in [1.29, 1.82) is 0 Å². The predicted molar refractivity (Wildman–Crippen MR) is 132 cm³/mol. The van der Waals surface area contributed by atoms with Gasteiger partial charge in [0.05, 0.1) is 47.1 Å². The number of fused-ring (bicyclic) bond motifs is 5. The van der Waals surface area contributed by atoms with Crippen LogP contribution in [-0.4, -0.2) is 29.5 Å². The third kappa shape index (κ3) is 2.71. The minimum atomic E-state index is -0.351. The number of halogens is 1.